The number of piperidine rings is 1. The molecule has 1 saturated heterocycles. The van der Waals surface area contributed by atoms with Crippen molar-refractivity contribution in [3.63, 3.8) is 0 Å². The van der Waals surface area contributed by atoms with E-state index in [0.29, 0.717) is 4.96 Å². The molecule has 0 saturated carbocycles. The number of nitrogens with zero attached hydrogens (tertiary/aromatic N) is 4. The summed E-state index contributed by atoms with van der Waals surface area (Å²) in [6, 6.07) is 0. The Labute approximate surface area is 186 Å². The molecule has 0 bridgehead atoms. The van der Waals surface area contributed by atoms with E-state index in [0.717, 1.165) is 81.0 Å². The van der Waals surface area contributed by atoms with Crippen molar-refractivity contribution in [2.75, 3.05) is 24.5 Å². The first kappa shape index (κ1) is 20.7. The highest BCUT2D eigenvalue weighted by atomic mass is 32.1. The summed E-state index contributed by atoms with van der Waals surface area (Å²) in [7, 11) is 0. The molecule has 1 amide bonds. The third-order valence-corrected chi connectivity index (χ3v) is 7.91. The highest BCUT2D eigenvalue weighted by Gasteiger charge is 2.27. The number of carbonyl (C=O) groups excluding carboxylic acids is 1. The number of aryl methyl sites for hydroxylation is 1. The second-order valence-corrected chi connectivity index (χ2v) is 9.97. The Balaban J connectivity index is 1.18. The Morgan fingerprint density at radius 1 is 1.13 bits per heavy atom. The molecule has 1 N–H and O–H groups in total. The number of rotatable bonds is 5. The molecular weight excluding hydrogens is 410 g/mol. The molecule has 0 aromatic carbocycles. The SMILES string of the molecule is O=C(NCCC1=CCCCC1)C1CCN(c2nn3c(=O)c4c(nc3s2)CCCC4)CC1. The van der Waals surface area contributed by atoms with Gasteiger partial charge in [0.05, 0.1) is 5.69 Å². The second kappa shape index (κ2) is 9.10. The number of hydrogen-bond donors (Lipinski definition) is 1. The first-order valence-corrected chi connectivity index (χ1v) is 12.6. The minimum Gasteiger partial charge on any atom is -0.356 e. The van der Waals surface area contributed by atoms with Crippen LogP contribution in [0.25, 0.3) is 4.96 Å². The van der Waals surface area contributed by atoms with Crippen molar-refractivity contribution < 1.29 is 4.79 Å². The van der Waals surface area contributed by atoms with Crippen LogP contribution in [0.1, 0.15) is 69.0 Å². The van der Waals surface area contributed by atoms with Crippen molar-refractivity contribution in [3.05, 3.63) is 33.3 Å². The molecule has 5 rings (SSSR count). The van der Waals surface area contributed by atoms with E-state index in [4.69, 9.17) is 4.98 Å². The zero-order valence-electron chi connectivity index (χ0n) is 18.1. The van der Waals surface area contributed by atoms with Gasteiger partial charge in [0.25, 0.3) is 5.56 Å². The van der Waals surface area contributed by atoms with E-state index in [2.05, 4.69) is 21.4 Å². The zero-order chi connectivity index (χ0) is 21.2. The standard InChI is InChI=1S/C23H31N5O2S/c29-20(24-13-10-16-6-2-1-3-7-16)17-11-14-27(15-12-17)23-26-28-21(30)18-8-4-5-9-19(18)25-22(28)31-23/h6,17H,1-5,7-15H2,(H,24,29). The number of hydrogen-bond acceptors (Lipinski definition) is 6. The quantitative estimate of drug-likeness (QED) is 0.721. The Bertz CT molecular complexity index is 1050. The van der Waals surface area contributed by atoms with Gasteiger partial charge in [-0.3, -0.25) is 9.59 Å². The van der Waals surface area contributed by atoms with Gasteiger partial charge >= 0.3 is 0 Å². The van der Waals surface area contributed by atoms with Crippen LogP contribution in [0.15, 0.2) is 16.4 Å². The zero-order valence-corrected chi connectivity index (χ0v) is 18.9. The van der Waals surface area contributed by atoms with Crippen molar-refractivity contribution >= 4 is 27.3 Å². The van der Waals surface area contributed by atoms with Gasteiger partial charge in [0.2, 0.25) is 16.0 Å². The van der Waals surface area contributed by atoms with E-state index in [-0.39, 0.29) is 17.4 Å². The molecule has 31 heavy (non-hydrogen) atoms. The van der Waals surface area contributed by atoms with Crippen LogP contribution in [-0.4, -0.2) is 40.1 Å². The lowest BCUT2D eigenvalue weighted by Gasteiger charge is -2.30. The van der Waals surface area contributed by atoms with Gasteiger partial charge in [0.15, 0.2) is 0 Å². The van der Waals surface area contributed by atoms with E-state index >= 15 is 0 Å². The average Bonchev–Trinajstić information content (AvgIpc) is 3.24. The maximum atomic E-state index is 12.8. The molecule has 166 valence electrons. The fraction of sp³-hybridized carbons (Fsp3) is 0.652. The van der Waals surface area contributed by atoms with Crippen LogP contribution in [-0.2, 0) is 17.6 Å². The smallest absolute Gasteiger partial charge is 0.278 e. The summed E-state index contributed by atoms with van der Waals surface area (Å²) in [5, 5.41) is 8.58. The van der Waals surface area contributed by atoms with Gasteiger partial charge in [-0.15, -0.1) is 5.10 Å². The summed E-state index contributed by atoms with van der Waals surface area (Å²) < 4.78 is 1.49. The van der Waals surface area contributed by atoms with Crippen molar-refractivity contribution in [1.82, 2.24) is 19.9 Å². The van der Waals surface area contributed by atoms with Gasteiger partial charge in [0.1, 0.15) is 0 Å². The molecule has 2 aliphatic carbocycles. The maximum Gasteiger partial charge on any atom is 0.278 e. The van der Waals surface area contributed by atoms with Gasteiger partial charge in [-0.05, 0) is 70.6 Å². The molecule has 3 aliphatic rings. The summed E-state index contributed by atoms with van der Waals surface area (Å²) in [6.45, 7) is 2.33. The van der Waals surface area contributed by atoms with Crippen LogP contribution in [0, 0.1) is 5.92 Å². The van der Waals surface area contributed by atoms with E-state index < -0.39 is 0 Å². The first-order valence-electron chi connectivity index (χ1n) is 11.8. The van der Waals surface area contributed by atoms with Crippen LogP contribution < -0.4 is 15.8 Å². The molecule has 1 aliphatic heterocycles. The molecule has 3 heterocycles. The maximum absolute atomic E-state index is 12.8. The summed E-state index contributed by atoms with van der Waals surface area (Å²) in [4.78, 5) is 33.0. The second-order valence-electron chi connectivity index (χ2n) is 9.04. The monoisotopic (exact) mass is 441 g/mol. The van der Waals surface area contributed by atoms with Gasteiger partial charge in [0, 0.05) is 31.1 Å². The van der Waals surface area contributed by atoms with Crippen LogP contribution in [0.5, 0.6) is 0 Å². The van der Waals surface area contributed by atoms with E-state index in [1.54, 1.807) is 0 Å². The van der Waals surface area contributed by atoms with Crippen molar-refractivity contribution in [2.45, 2.75) is 70.6 Å². The minimum absolute atomic E-state index is 0.00421. The number of allylic oxidation sites excluding steroid dienone is 1. The van der Waals surface area contributed by atoms with Crippen LogP contribution in [0.2, 0.25) is 0 Å². The number of nitrogens with one attached hydrogen (secondary N) is 1. The Morgan fingerprint density at radius 2 is 1.94 bits per heavy atom. The average molecular weight is 442 g/mol. The normalized spacial score (nSPS) is 19.9. The van der Waals surface area contributed by atoms with Gasteiger partial charge in [-0.25, -0.2) is 4.98 Å². The van der Waals surface area contributed by atoms with Gasteiger partial charge in [-0.2, -0.15) is 4.52 Å². The molecule has 2 aromatic rings. The summed E-state index contributed by atoms with van der Waals surface area (Å²) >= 11 is 1.49. The lowest BCUT2D eigenvalue weighted by atomic mass is 9.95. The predicted octanol–water partition coefficient (Wildman–Crippen LogP) is 3.25. The van der Waals surface area contributed by atoms with E-state index in [1.165, 1.54) is 47.1 Å². The number of carbonyl (C=O) groups is 1. The largest absolute Gasteiger partial charge is 0.356 e. The number of aromatic nitrogens is 3. The van der Waals surface area contributed by atoms with Crippen LogP contribution in [0.3, 0.4) is 0 Å². The summed E-state index contributed by atoms with van der Waals surface area (Å²) in [5.41, 5.74) is 3.32. The summed E-state index contributed by atoms with van der Waals surface area (Å²) in [6.07, 6.45) is 13.8. The lowest BCUT2D eigenvalue weighted by molar-refractivity contribution is -0.125. The van der Waals surface area contributed by atoms with Gasteiger partial charge in [-0.1, -0.05) is 23.0 Å². The van der Waals surface area contributed by atoms with Gasteiger partial charge < -0.3 is 10.2 Å². The van der Waals surface area contributed by atoms with Crippen LogP contribution in [0.4, 0.5) is 5.13 Å². The fourth-order valence-electron chi connectivity index (χ4n) is 5.05. The Kier molecular flexibility index (Phi) is 6.07. The summed E-state index contributed by atoms with van der Waals surface area (Å²) in [5.74, 6) is 0.255. The van der Waals surface area contributed by atoms with Crippen LogP contribution >= 0.6 is 11.3 Å². The number of anilines is 1. The van der Waals surface area contributed by atoms with Crippen molar-refractivity contribution in [2.24, 2.45) is 5.92 Å². The molecule has 7 nitrogen and oxygen atoms in total. The fourth-order valence-corrected chi connectivity index (χ4v) is 6.01. The number of fused-ring (bicyclic) bond motifs is 2. The van der Waals surface area contributed by atoms with Crippen molar-refractivity contribution in [1.29, 1.82) is 0 Å². The number of amides is 1. The third kappa shape index (κ3) is 4.40. The molecule has 8 heteroatoms. The molecule has 0 radical (unpaired) electrons. The lowest BCUT2D eigenvalue weighted by Crippen LogP contribution is -2.41. The molecule has 0 atom stereocenters. The molecule has 2 aromatic heterocycles. The Hall–Kier alpha value is -2.22. The van der Waals surface area contributed by atoms with Crippen molar-refractivity contribution in [3.8, 4) is 0 Å². The topological polar surface area (TPSA) is 79.6 Å². The first-order chi connectivity index (χ1) is 15.2. The predicted molar refractivity (Wildman–Crippen MR) is 123 cm³/mol. The third-order valence-electron chi connectivity index (χ3n) is 6.94. The van der Waals surface area contributed by atoms with E-state index in [9.17, 15) is 9.59 Å². The molecule has 0 spiro atoms. The highest BCUT2D eigenvalue weighted by Crippen LogP contribution is 2.28. The minimum atomic E-state index is 0.00421. The van der Waals surface area contributed by atoms with E-state index in [1.807, 2.05) is 0 Å². The highest BCUT2D eigenvalue weighted by molar-refractivity contribution is 7.20. The Morgan fingerprint density at radius 3 is 2.74 bits per heavy atom. The molecule has 0 unspecified atom stereocenters. The molecular formula is C23H31N5O2S. The molecule has 1 fully saturated rings.